The minimum atomic E-state index is -1.03. The van der Waals surface area contributed by atoms with Crippen molar-refractivity contribution in [2.75, 3.05) is 11.5 Å². The summed E-state index contributed by atoms with van der Waals surface area (Å²) in [5.41, 5.74) is 1.16. The number of amides is 1. The van der Waals surface area contributed by atoms with E-state index in [4.69, 9.17) is 9.47 Å². The molecule has 2 N–H and O–H groups in total. The lowest BCUT2D eigenvalue weighted by Gasteiger charge is -2.26. The first-order chi connectivity index (χ1) is 18.6. The first-order valence-electron chi connectivity index (χ1n) is 12.7. The normalized spacial score (nSPS) is 16.7. The number of ketones is 1. The van der Waals surface area contributed by atoms with Crippen LogP contribution in [0.15, 0.2) is 78.4 Å². The number of esters is 1. The van der Waals surface area contributed by atoms with E-state index in [0.717, 1.165) is 0 Å². The number of carbonyl (C=O) groups is 3. The highest BCUT2D eigenvalue weighted by Crippen LogP contribution is 2.43. The molecule has 1 atom stereocenters. The molecule has 3 aromatic rings. The number of Topliss-reactive ketones (excluding diaryl/α,β-unsaturated/α-hetero) is 1. The molecule has 3 aromatic carbocycles. The number of benzene rings is 3. The molecule has 0 radical (unpaired) electrons. The van der Waals surface area contributed by atoms with Crippen LogP contribution in [0.4, 0.5) is 5.69 Å². The van der Waals surface area contributed by atoms with Gasteiger partial charge in [-0.05, 0) is 67.8 Å². The summed E-state index contributed by atoms with van der Waals surface area (Å²) < 4.78 is 11.1. The van der Waals surface area contributed by atoms with E-state index in [0.29, 0.717) is 23.5 Å². The van der Waals surface area contributed by atoms with Crippen LogP contribution in [0.1, 0.15) is 55.2 Å². The molecule has 1 heterocycles. The molecule has 1 unspecified atom stereocenters. The number of rotatable bonds is 8. The van der Waals surface area contributed by atoms with E-state index in [1.165, 1.54) is 23.1 Å². The van der Waals surface area contributed by atoms with Gasteiger partial charge in [0.05, 0.1) is 29.9 Å². The highest BCUT2D eigenvalue weighted by Gasteiger charge is 2.47. The maximum atomic E-state index is 13.4. The highest BCUT2D eigenvalue weighted by atomic mass is 16.5. The monoisotopic (exact) mass is 529 g/mol. The molecular formula is C31H31NO7. The number of hydrogen-bond acceptors (Lipinski definition) is 7. The summed E-state index contributed by atoms with van der Waals surface area (Å²) in [5, 5.41) is 21.3. The molecule has 1 saturated heterocycles. The van der Waals surface area contributed by atoms with Crippen molar-refractivity contribution >= 4 is 29.1 Å². The third-order valence-corrected chi connectivity index (χ3v) is 6.05. The van der Waals surface area contributed by atoms with Gasteiger partial charge in [0.2, 0.25) is 0 Å². The molecule has 1 aliphatic rings. The van der Waals surface area contributed by atoms with Crippen molar-refractivity contribution in [2.45, 2.75) is 39.8 Å². The topological polar surface area (TPSA) is 113 Å². The van der Waals surface area contributed by atoms with Gasteiger partial charge in [0, 0.05) is 11.3 Å². The number of carbonyl (C=O) groups excluding carboxylic acids is 3. The molecule has 8 nitrogen and oxygen atoms in total. The summed E-state index contributed by atoms with van der Waals surface area (Å²) in [6, 6.07) is 17.9. The zero-order chi connectivity index (χ0) is 28.3. The molecule has 1 aliphatic heterocycles. The van der Waals surface area contributed by atoms with E-state index in [1.54, 1.807) is 68.4 Å². The minimum Gasteiger partial charge on any atom is -0.508 e. The second kappa shape index (κ2) is 11.4. The number of phenolic OH excluding ortho intramolecular Hbond substituents is 1. The molecular weight excluding hydrogens is 498 g/mol. The van der Waals surface area contributed by atoms with E-state index in [2.05, 4.69) is 0 Å². The van der Waals surface area contributed by atoms with Gasteiger partial charge in [-0.2, -0.15) is 0 Å². The first kappa shape index (κ1) is 27.4. The number of aliphatic hydroxyl groups excluding tert-OH is 1. The van der Waals surface area contributed by atoms with E-state index in [1.807, 2.05) is 13.8 Å². The summed E-state index contributed by atoms with van der Waals surface area (Å²) >= 11 is 0. The Kier molecular flexibility index (Phi) is 8.04. The standard InChI is InChI=1S/C31H31NO7/c1-18(2)17-38-25-10-6-7-21(16-25)28(34)26-27(20-11-13-24(33)14-12-20)32(30(36)29(26)35)23-9-5-8-22(15-23)31(37)39-19(3)4/h5-16,18-19,27,33-34H,17H2,1-4H3/b28-26+. The quantitative estimate of drug-likeness (QED) is 0.169. The number of nitrogens with zero attached hydrogens (tertiary/aromatic N) is 1. The van der Waals surface area contributed by atoms with Crippen LogP contribution in [-0.2, 0) is 14.3 Å². The van der Waals surface area contributed by atoms with E-state index < -0.39 is 23.7 Å². The Hall–Kier alpha value is -4.59. The van der Waals surface area contributed by atoms with Crippen LogP contribution < -0.4 is 9.64 Å². The van der Waals surface area contributed by atoms with Gasteiger partial charge in [0.15, 0.2) is 0 Å². The average molecular weight is 530 g/mol. The van der Waals surface area contributed by atoms with Gasteiger partial charge in [-0.15, -0.1) is 0 Å². The third-order valence-electron chi connectivity index (χ3n) is 6.05. The number of anilines is 1. The lowest BCUT2D eigenvalue weighted by Crippen LogP contribution is -2.29. The fourth-order valence-corrected chi connectivity index (χ4v) is 4.29. The molecule has 4 rings (SSSR count). The fraction of sp³-hybridized carbons (Fsp3) is 0.258. The lowest BCUT2D eigenvalue weighted by molar-refractivity contribution is -0.132. The van der Waals surface area contributed by atoms with Gasteiger partial charge in [-0.25, -0.2) is 4.79 Å². The van der Waals surface area contributed by atoms with Crippen LogP contribution in [0.3, 0.4) is 0 Å². The van der Waals surface area contributed by atoms with Gasteiger partial charge in [-0.3, -0.25) is 14.5 Å². The zero-order valence-electron chi connectivity index (χ0n) is 22.3. The molecule has 39 heavy (non-hydrogen) atoms. The molecule has 1 fully saturated rings. The molecule has 0 spiro atoms. The minimum absolute atomic E-state index is 0.00383. The van der Waals surface area contributed by atoms with Crippen molar-refractivity contribution in [2.24, 2.45) is 5.92 Å². The van der Waals surface area contributed by atoms with Gasteiger partial charge in [-0.1, -0.05) is 44.2 Å². The van der Waals surface area contributed by atoms with Gasteiger partial charge >= 0.3 is 5.97 Å². The number of phenols is 1. The molecule has 1 amide bonds. The summed E-state index contributed by atoms with van der Waals surface area (Å²) in [6.45, 7) is 7.96. The van der Waals surface area contributed by atoms with Crippen molar-refractivity contribution in [3.8, 4) is 11.5 Å². The number of aromatic hydroxyl groups is 1. The smallest absolute Gasteiger partial charge is 0.338 e. The summed E-state index contributed by atoms with van der Waals surface area (Å²) in [6.07, 6.45) is -0.340. The lowest BCUT2D eigenvalue weighted by atomic mass is 9.95. The largest absolute Gasteiger partial charge is 0.508 e. The second-order valence-corrected chi connectivity index (χ2v) is 10.00. The molecule has 202 valence electrons. The summed E-state index contributed by atoms with van der Waals surface area (Å²) in [4.78, 5) is 40.7. The van der Waals surface area contributed by atoms with Crippen molar-refractivity contribution in [3.05, 3.63) is 95.1 Å². The van der Waals surface area contributed by atoms with Crippen molar-refractivity contribution in [1.29, 1.82) is 0 Å². The molecule has 0 aliphatic carbocycles. The van der Waals surface area contributed by atoms with Gasteiger partial charge in [0.25, 0.3) is 11.7 Å². The van der Waals surface area contributed by atoms with E-state index in [-0.39, 0.29) is 40.4 Å². The second-order valence-electron chi connectivity index (χ2n) is 10.00. The van der Waals surface area contributed by atoms with Crippen LogP contribution in [0.2, 0.25) is 0 Å². The van der Waals surface area contributed by atoms with Crippen LogP contribution >= 0.6 is 0 Å². The van der Waals surface area contributed by atoms with Crippen molar-refractivity contribution in [1.82, 2.24) is 0 Å². The Bertz CT molecular complexity index is 1420. The predicted octanol–water partition coefficient (Wildman–Crippen LogP) is 5.62. The van der Waals surface area contributed by atoms with Gasteiger partial charge in [0.1, 0.15) is 17.3 Å². The van der Waals surface area contributed by atoms with Crippen LogP contribution in [0.5, 0.6) is 11.5 Å². The number of hydrogen-bond donors (Lipinski definition) is 2. The summed E-state index contributed by atoms with van der Waals surface area (Å²) in [5.74, 6) is -1.87. The van der Waals surface area contributed by atoms with Crippen molar-refractivity contribution in [3.63, 3.8) is 0 Å². The van der Waals surface area contributed by atoms with E-state index >= 15 is 0 Å². The zero-order valence-corrected chi connectivity index (χ0v) is 22.3. The summed E-state index contributed by atoms with van der Waals surface area (Å²) in [7, 11) is 0. The average Bonchev–Trinajstić information content (AvgIpc) is 3.17. The predicted molar refractivity (Wildman–Crippen MR) is 147 cm³/mol. The Labute approximate surface area is 227 Å². The maximum Gasteiger partial charge on any atom is 0.338 e. The van der Waals surface area contributed by atoms with Crippen LogP contribution in [0, 0.1) is 5.92 Å². The highest BCUT2D eigenvalue weighted by molar-refractivity contribution is 6.51. The Morgan fingerprint density at radius 1 is 0.923 bits per heavy atom. The third kappa shape index (κ3) is 5.95. The maximum absolute atomic E-state index is 13.4. The van der Waals surface area contributed by atoms with E-state index in [9.17, 15) is 24.6 Å². The fourth-order valence-electron chi connectivity index (χ4n) is 4.29. The molecule has 0 bridgehead atoms. The molecule has 0 saturated carbocycles. The van der Waals surface area contributed by atoms with Gasteiger partial charge < -0.3 is 19.7 Å². The Morgan fingerprint density at radius 3 is 2.26 bits per heavy atom. The number of ether oxygens (including phenoxy) is 2. The first-order valence-corrected chi connectivity index (χ1v) is 12.7. The SMILES string of the molecule is CC(C)COc1cccc(/C(O)=C2\C(=O)C(=O)N(c3cccc(C(=O)OC(C)C)c3)C2c2ccc(O)cc2)c1. The number of aliphatic hydroxyl groups is 1. The Balaban J connectivity index is 1.84. The van der Waals surface area contributed by atoms with Crippen LogP contribution in [-0.4, -0.2) is 40.6 Å². The molecule has 0 aromatic heterocycles. The van der Waals surface area contributed by atoms with Crippen LogP contribution in [0.25, 0.3) is 5.76 Å². The molecule has 8 heteroatoms. The Morgan fingerprint density at radius 2 is 1.59 bits per heavy atom. The van der Waals surface area contributed by atoms with Crippen molar-refractivity contribution < 1.29 is 34.1 Å².